The van der Waals surface area contributed by atoms with Crippen molar-refractivity contribution >= 4 is 50.7 Å². The van der Waals surface area contributed by atoms with Crippen molar-refractivity contribution in [3.8, 4) is 11.3 Å². The third kappa shape index (κ3) is 3.73. The first-order chi connectivity index (χ1) is 18.9. The number of nitrogens with zero attached hydrogens (tertiary/aromatic N) is 3. The lowest BCUT2D eigenvalue weighted by molar-refractivity contribution is -0.172. The van der Waals surface area contributed by atoms with Crippen LogP contribution in [0.25, 0.3) is 21.5 Å². The molecule has 2 aromatic carbocycles. The van der Waals surface area contributed by atoms with Crippen LogP contribution in [0, 0.1) is 17.8 Å². The highest BCUT2D eigenvalue weighted by Gasteiger charge is 2.68. The molecule has 2 aromatic heterocycles. The Bertz CT molecular complexity index is 1610. The highest BCUT2D eigenvalue weighted by Crippen LogP contribution is 2.70. The number of carboxylic acid groups (broad SMARTS) is 1. The van der Waals surface area contributed by atoms with Crippen molar-refractivity contribution in [3.63, 3.8) is 0 Å². The quantitative estimate of drug-likeness (QED) is 0.247. The van der Waals surface area contributed by atoms with E-state index in [0.717, 1.165) is 66.1 Å². The van der Waals surface area contributed by atoms with Gasteiger partial charge in [-0.15, -0.1) is 11.3 Å². The molecule has 2 unspecified atom stereocenters. The van der Waals surface area contributed by atoms with E-state index in [1.165, 1.54) is 23.4 Å². The fraction of sp³-hybridized carbons (Fsp3) is 0.433. The van der Waals surface area contributed by atoms with Gasteiger partial charge in [-0.2, -0.15) is 0 Å². The summed E-state index contributed by atoms with van der Waals surface area (Å²) < 4.78 is 6.87. The Morgan fingerprint density at radius 3 is 2.56 bits per heavy atom. The van der Waals surface area contributed by atoms with E-state index < -0.39 is 5.97 Å². The maximum absolute atomic E-state index is 11.4. The van der Waals surface area contributed by atoms with Gasteiger partial charge in [0.05, 0.1) is 25.8 Å². The van der Waals surface area contributed by atoms with Crippen LogP contribution in [0.1, 0.15) is 58.3 Å². The molecule has 3 saturated carbocycles. The Morgan fingerprint density at radius 2 is 1.87 bits per heavy atom. The average Bonchev–Trinajstić information content (AvgIpc) is 3.50. The number of thiazole rings is 1. The minimum atomic E-state index is -0.887. The Labute approximate surface area is 239 Å². The number of rotatable bonds is 7. The molecule has 0 bridgehead atoms. The van der Waals surface area contributed by atoms with Crippen LogP contribution in [-0.4, -0.2) is 45.8 Å². The number of hydrogen-bond donors (Lipinski definition) is 1. The lowest BCUT2D eigenvalue weighted by Crippen LogP contribution is -2.71. The van der Waals surface area contributed by atoms with Crippen LogP contribution >= 0.6 is 34.5 Å². The van der Waals surface area contributed by atoms with E-state index in [1.807, 2.05) is 24.3 Å². The van der Waals surface area contributed by atoms with Gasteiger partial charge in [0, 0.05) is 42.1 Å². The molecule has 8 rings (SSSR count). The van der Waals surface area contributed by atoms with E-state index in [-0.39, 0.29) is 5.41 Å². The van der Waals surface area contributed by atoms with Crippen LogP contribution in [0.4, 0.5) is 0 Å². The number of hydrogen-bond acceptors (Lipinski definition) is 6. The highest BCUT2D eigenvalue weighted by atomic mass is 35.5. The van der Waals surface area contributed by atoms with Gasteiger partial charge in [-0.25, -0.2) is 9.78 Å². The number of piperidine rings is 1. The number of likely N-dealkylation sites (tertiary alicyclic amines) is 1. The molecule has 0 amide bonds. The topological polar surface area (TPSA) is 79.5 Å². The predicted molar refractivity (Wildman–Crippen MR) is 152 cm³/mol. The summed E-state index contributed by atoms with van der Waals surface area (Å²) in [5.74, 6) is 2.69. The third-order valence-corrected chi connectivity index (χ3v) is 11.5. The minimum absolute atomic E-state index is 0.204. The fourth-order valence-corrected chi connectivity index (χ4v) is 9.64. The summed E-state index contributed by atoms with van der Waals surface area (Å²) in [5.41, 5.74) is 4.21. The third-order valence-electron chi connectivity index (χ3n) is 9.60. The van der Waals surface area contributed by atoms with Crippen molar-refractivity contribution in [2.75, 3.05) is 19.6 Å². The lowest BCUT2D eigenvalue weighted by atomic mass is 9.37. The zero-order chi connectivity index (χ0) is 26.5. The molecule has 39 heavy (non-hydrogen) atoms. The van der Waals surface area contributed by atoms with Crippen LogP contribution in [0.2, 0.25) is 10.0 Å². The second-order valence-electron chi connectivity index (χ2n) is 11.9. The SMILES string of the molecule is O=C(O)c1ccc2nc(C34CC5CN(CCc6c(-c7c(Cl)cccc7Cl)noc6C6CC6)CC(C3)C54)sc2c1. The summed E-state index contributed by atoms with van der Waals surface area (Å²) >= 11 is 14.8. The molecule has 1 saturated heterocycles. The number of benzene rings is 2. The normalized spacial score (nSPS) is 27.7. The van der Waals surface area contributed by atoms with E-state index in [1.54, 1.807) is 23.5 Å². The summed E-state index contributed by atoms with van der Waals surface area (Å²) in [5, 5.41) is 16.3. The lowest BCUT2D eigenvalue weighted by Gasteiger charge is -2.70. The molecule has 9 heteroatoms. The van der Waals surface area contributed by atoms with E-state index in [0.29, 0.717) is 39.3 Å². The second-order valence-corrected chi connectivity index (χ2v) is 13.7. The molecule has 3 heterocycles. The number of carboxylic acids is 1. The van der Waals surface area contributed by atoms with Gasteiger partial charge in [0.1, 0.15) is 16.5 Å². The number of halogens is 2. The smallest absolute Gasteiger partial charge is 0.335 e. The summed E-state index contributed by atoms with van der Waals surface area (Å²) in [4.78, 5) is 19.0. The van der Waals surface area contributed by atoms with E-state index in [4.69, 9.17) is 32.7 Å². The number of aromatic nitrogens is 2. The molecule has 6 nitrogen and oxygen atoms in total. The van der Waals surface area contributed by atoms with Crippen LogP contribution in [0.15, 0.2) is 40.9 Å². The molecule has 200 valence electrons. The van der Waals surface area contributed by atoms with Gasteiger partial charge >= 0.3 is 5.97 Å². The predicted octanol–water partition coefficient (Wildman–Crippen LogP) is 7.29. The van der Waals surface area contributed by atoms with E-state index in [2.05, 4.69) is 10.1 Å². The molecule has 4 aliphatic rings. The molecule has 2 atom stereocenters. The maximum atomic E-state index is 11.4. The summed E-state index contributed by atoms with van der Waals surface area (Å²) in [6, 6.07) is 10.9. The second kappa shape index (κ2) is 8.77. The standard InChI is InChI=1S/C30H27Cl2N3O3S/c31-20-2-1-3-21(32)24(20)26-19(27(38-34-26)15-4-5-15)8-9-35-13-17-11-30(12-18(14-35)25(17)30)29-33-22-7-6-16(28(36)37)10-23(22)39-29/h1-3,6-7,10,15,17-18,25H,4-5,8-9,11-14H2,(H,36,37). The molecular formula is C30H27Cl2N3O3S. The molecule has 0 radical (unpaired) electrons. The summed E-state index contributed by atoms with van der Waals surface area (Å²) in [6.45, 7) is 3.20. The first kappa shape index (κ1) is 24.4. The molecule has 1 aliphatic heterocycles. The van der Waals surface area contributed by atoms with Gasteiger partial charge < -0.3 is 14.5 Å². The number of carbonyl (C=O) groups is 1. The van der Waals surface area contributed by atoms with Gasteiger partial charge in [0.2, 0.25) is 0 Å². The van der Waals surface area contributed by atoms with E-state index >= 15 is 0 Å². The maximum Gasteiger partial charge on any atom is 0.335 e. The molecule has 3 aliphatic carbocycles. The largest absolute Gasteiger partial charge is 0.478 e. The van der Waals surface area contributed by atoms with Crippen LogP contribution in [-0.2, 0) is 11.8 Å². The Morgan fingerprint density at radius 1 is 1.13 bits per heavy atom. The van der Waals surface area contributed by atoms with Crippen LogP contribution < -0.4 is 0 Å². The molecule has 4 fully saturated rings. The molecule has 1 N–H and O–H groups in total. The molecule has 4 aromatic rings. The Hall–Kier alpha value is -2.45. The molecular weight excluding hydrogens is 553 g/mol. The first-order valence-electron chi connectivity index (χ1n) is 13.7. The van der Waals surface area contributed by atoms with Gasteiger partial charge in [0.25, 0.3) is 0 Å². The Balaban J connectivity index is 0.990. The van der Waals surface area contributed by atoms with Crippen molar-refractivity contribution in [2.24, 2.45) is 17.8 Å². The minimum Gasteiger partial charge on any atom is -0.478 e. The van der Waals surface area contributed by atoms with Crippen LogP contribution in [0.3, 0.4) is 0 Å². The van der Waals surface area contributed by atoms with Gasteiger partial charge in [-0.3, -0.25) is 0 Å². The number of aromatic carboxylic acids is 1. The van der Waals surface area contributed by atoms with Gasteiger partial charge in [0.15, 0.2) is 0 Å². The Kier molecular flexibility index (Phi) is 5.48. The summed E-state index contributed by atoms with van der Waals surface area (Å²) in [6.07, 6.45) is 5.54. The summed E-state index contributed by atoms with van der Waals surface area (Å²) in [7, 11) is 0. The monoisotopic (exact) mass is 579 g/mol. The van der Waals surface area contributed by atoms with Crippen molar-refractivity contribution < 1.29 is 14.4 Å². The van der Waals surface area contributed by atoms with Crippen molar-refractivity contribution in [1.29, 1.82) is 0 Å². The zero-order valence-corrected chi connectivity index (χ0v) is 23.5. The fourth-order valence-electron chi connectivity index (χ4n) is 7.80. The van der Waals surface area contributed by atoms with E-state index in [9.17, 15) is 9.90 Å². The highest BCUT2D eigenvalue weighted by molar-refractivity contribution is 7.18. The zero-order valence-electron chi connectivity index (χ0n) is 21.2. The number of fused-ring (bicyclic) bond motifs is 1. The van der Waals surface area contributed by atoms with Gasteiger partial charge in [-0.05, 0) is 80.2 Å². The van der Waals surface area contributed by atoms with Gasteiger partial charge in [-0.1, -0.05) is 34.4 Å². The van der Waals surface area contributed by atoms with Crippen molar-refractivity contribution in [2.45, 2.75) is 43.4 Å². The first-order valence-corrected chi connectivity index (χ1v) is 15.3. The average molecular weight is 581 g/mol. The van der Waals surface area contributed by atoms with Crippen LogP contribution in [0.5, 0.6) is 0 Å². The van der Waals surface area contributed by atoms with Crippen molar-refractivity contribution in [1.82, 2.24) is 15.0 Å². The molecule has 0 spiro atoms. The van der Waals surface area contributed by atoms with Crippen molar-refractivity contribution in [3.05, 3.63) is 68.3 Å².